The summed E-state index contributed by atoms with van der Waals surface area (Å²) >= 11 is 0. The maximum Gasteiger partial charge on any atom is 0.253 e. The lowest BCUT2D eigenvalue weighted by molar-refractivity contribution is 0.0631. The van der Waals surface area contributed by atoms with Crippen LogP contribution in [0.15, 0.2) is 24.3 Å². The van der Waals surface area contributed by atoms with E-state index in [9.17, 15) is 4.79 Å². The van der Waals surface area contributed by atoms with Crippen molar-refractivity contribution in [3.05, 3.63) is 29.8 Å². The van der Waals surface area contributed by atoms with Gasteiger partial charge >= 0.3 is 0 Å². The van der Waals surface area contributed by atoms with E-state index in [-0.39, 0.29) is 5.91 Å². The molecule has 5 nitrogen and oxygen atoms in total. The van der Waals surface area contributed by atoms with Crippen molar-refractivity contribution in [2.24, 2.45) is 11.7 Å². The summed E-state index contributed by atoms with van der Waals surface area (Å²) in [6.07, 6.45) is 5.66. The van der Waals surface area contributed by atoms with E-state index in [1.165, 1.54) is 19.3 Å². The van der Waals surface area contributed by atoms with Crippen LogP contribution in [-0.4, -0.2) is 49.6 Å². The maximum atomic E-state index is 12.8. The normalized spacial score (nSPS) is 24.1. The summed E-state index contributed by atoms with van der Waals surface area (Å²) < 4.78 is 5.60. The molecule has 24 heavy (non-hydrogen) atoms. The number of amides is 1. The van der Waals surface area contributed by atoms with E-state index in [0.717, 1.165) is 43.8 Å². The summed E-state index contributed by atoms with van der Waals surface area (Å²) in [5.74, 6) is 1.54. The number of hydrogen-bond acceptors (Lipinski definition) is 4. The minimum absolute atomic E-state index is 0.145. The van der Waals surface area contributed by atoms with Crippen molar-refractivity contribution in [2.45, 2.75) is 38.1 Å². The number of nitrogens with one attached hydrogen (secondary N) is 1. The Hall–Kier alpha value is -1.59. The molecule has 5 heteroatoms. The first kappa shape index (κ1) is 17.2. The average molecular weight is 331 g/mol. The Morgan fingerprint density at radius 2 is 2.08 bits per heavy atom. The van der Waals surface area contributed by atoms with Crippen molar-refractivity contribution in [3.8, 4) is 5.75 Å². The molecular weight excluding hydrogens is 302 g/mol. The number of ether oxygens (including phenoxy) is 1. The summed E-state index contributed by atoms with van der Waals surface area (Å²) in [4.78, 5) is 14.8. The Morgan fingerprint density at radius 3 is 2.88 bits per heavy atom. The SMILES string of the molecule is NCCCOc1ccc(C(=O)N2CC[C@H]3NCCCC[C@H]3C2)cc1. The van der Waals surface area contributed by atoms with Gasteiger partial charge in [-0.3, -0.25) is 4.79 Å². The van der Waals surface area contributed by atoms with Crippen molar-refractivity contribution >= 4 is 5.91 Å². The number of hydrogen-bond donors (Lipinski definition) is 2. The molecule has 0 aromatic heterocycles. The molecule has 132 valence electrons. The molecule has 0 unspecified atom stereocenters. The Labute approximate surface area is 144 Å². The molecule has 0 saturated carbocycles. The summed E-state index contributed by atoms with van der Waals surface area (Å²) in [5.41, 5.74) is 6.21. The average Bonchev–Trinajstić information content (AvgIpc) is 2.86. The molecule has 0 spiro atoms. The van der Waals surface area contributed by atoms with Gasteiger partial charge in [-0.05, 0) is 69.0 Å². The van der Waals surface area contributed by atoms with Crippen LogP contribution in [-0.2, 0) is 0 Å². The van der Waals surface area contributed by atoms with Crippen LogP contribution in [0.1, 0.15) is 42.5 Å². The Morgan fingerprint density at radius 1 is 1.25 bits per heavy atom. The number of fused-ring (bicyclic) bond motifs is 1. The van der Waals surface area contributed by atoms with Gasteiger partial charge in [-0.15, -0.1) is 0 Å². The molecule has 2 heterocycles. The number of nitrogens with two attached hydrogens (primary N) is 1. The van der Waals surface area contributed by atoms with Crippen LogP contribution in [0.2, 0.25) is 0 Å². The molecule has 2 fully saturated rings. The van der Waals surface area contributed by atoms with Crippen molar-refractivity contribution < 1.29 is 9.53 Å². The second-order valence-electron chi connectivity index (χ2n) is 6.87. The molecule has 0 aliphatic carbocycles. The van der Waals surface area contributed by atoms with Crippen LogP contribution >= 0.6 is 0 Å². The number of piperidine rings is 1. The first-order chi connectivity index (χ1) is 11.8. The third kappa shape index (κ3) is 4.28. The highest BCUT2D eigenvalue weighted by Gasteiger charge is 2.32. The number of rotatable bonds is 5. The fourth-order valence-corrected chi connectivity index (χ4v) is 3.75. The van der Waals surface area contributed by atoms with E-state index in [2.05, 4.69) is 5.32 Å². The minimum Gasteiger partial charge on any atom is -0.494 e. The van der Waals surface area contributed by atoms with Gasteiger partial charge in [0.1, 0.15) is 5.75 Å². The highest BCUT2D eigenvalue weighted by atomic mass is 16.5. The molecule has 1 amide bonds. The molecule has 1 aromatic carbocycles. The largest absolute Gasteiger partial charge is 0.494 e. The fraction of sp³-hybridized carbons (Fsp3) is 0.632. The van der Waals surface area contributed by atoms with Gasteiger partial charge in [-0.25, -0.2) is 0 Å². The fourth-order valence-electron chi connectivity index (χ4n) is 3.75. The van der Waals surface area contributed by atoms with Crippen molar-refractivity contribution in [1.29, 1.82) is 0 Å². The molecular formula is C19H29N3O2. The van der Waals surface area contributed by atoms with Crippen LogP contribution in [0.4, 0.5) is 0 Å². The molecule has 3 N–H and O–H groups in total. The van der Waals surface area contributed by atoms with Crippen molar-refractivity contribution in [1.82, 2.24) is 10.2 Å². The maximum absolute atomic E-state index is 12.8. The smallest absolute Gasteiger partial charge is 0.253 e. The van der Waals surface area contributed by atoms with E-state index in [0.29, 0.717) is 25.1 Å². The zero-order chi connectivity index (χ0) is 16.8. The third-order valence-electron chi connectivity index (χ3n) is 5.15. The topological polar surface area (TPSA) is 67.6 Å². The van der Waals surface area contributed by atoms with Crippen LogP contribution in [0, 0.1) is 5.92 Å². The number of likely N-dealkylation sites (tertiary alicyclic amines) is 1. The van der Waals surface area contributed by atoms with Gasteiger partial charge < -0.3 is 20.7 Å². The first-order valence-electron chi connectivity index (χ1n) is 9.23. The van der Waals surface area contributed by atoms with E-state index in [4.69, 9.17) is 10.5 Å². The minimum atomic E-state index is 0.145. The van der Waals surface area contributed by atoms with Gasteiger partial charge in [-0.1, -0.05) is 6.42 Å². The quantitative estimate of drug-likeness (QED) is 0.810. The molecule has 2 aliphatic heterocycles. The Balaban J connectivity index is 1.57. The van der Waals surface area contributed by atoms with Crippen LogP contribution < -0.4 is 15.8 Å². The van der Waals surface area contributed by atoms with Gasteiger partial charge in [-0.2, -0.15) is 0 Å². The Kier molecular flexibility index (Phi) is 6.10. The van der Waals surface area contributed by atoms with Crippen molar-refractivity contribution in [2.75, 3.05) is 32.8 Å². The first-order valence-corrected chi connectivity index (χ1v) is 9.23. The van der Waals surface area contributed by atoms with Gasteiger partial charge in [0.25, 0.3) is 5.91 Å². The molecule has 1 aromatic rings. The lowest BCUT2D eigenvalue weighted by Crippen LogP contribution is -2.50. The number of nitrogens with zero attached hydrogens (tertiary/aromatic N) is 1. The summed E-state index contributed by atoms with van der Waals surface area (Å²) in [7, 11) is 0. The number of carbonyl (C=O) groups is 1. The van der Waals surface area contributed by atoms with E-state index in [1.54, 1.807) is 0 Å². The molecule has 2 saturated heterocycles. The second-order valence-corrected chi connectivity index (χ2v) is 6.87. The predicted octanol–water partition coefficient (Wildman–Crippen LogP) is 2.02. The lowest BCUT2D eigenvalue weighted by Gasteiger charge is -2.38. The molecule has 0 bridgehead atoms. The van der Waals surface area contributed by atoms with Crippen LogP contribution in [0.5, 0.6) is 5.75 Å². The van der Waals surface area contributed by atoms with Gasteiger partial charge in [0, 0.05) is 24.7 Å². The van der Waals surface area contributed by atoms with Gasteiger partial charge in [0.2, 0.25) is 0 Å². The van der Waals surface area contributed by atoms with Gasteiger partial charge in [0.15, 0.2) is 0 Å². The van der Waals surface area contributed by atoms with E-state index < -0.39 is 0 Å². The molecule has 2 aliphatic rings. The van der Waals surface area contributed by atoms with Crippen LogP contribution in [0.25, 0.3) is 0 Å². The zero-order valence-electron chi connectivity index (χ0n) is 14.4. The third-order valence-corrected chi connectivity index (χ3v) is 5.15. The predicted molar refractivity (Wildman–Crippen MR) is 95.3 cm³/mol. The van der Waals surface area contributed by atoms with Gasteiger partial charge in [0.05, 0.1) is 6.61 Å². The lowest BCUT2D eigenvalue weighted by atomic mass is 9.89. The zero-order valence-corrected chi connectivity index (χ0v) is 14.4. The summed E-state index contributed by atoms with van der Waals surface area (Å²) in [5, 5.41) is 3.65. The Bertz CT molecular complexity index is 532. The molecule has 3 rings (SSSR count). The molecule has 2 atom stereocenters. The summed E-state index contributed by atoms with van der Waals surface area (Å²) in [6.45, 7) is 4.10. The van der Waals surface area contributed by atoms with Crippen LogP contribution in [0.3, 0.4) is 0 Å². The monoisotopic (exact) mass is 331 g/mol. The highest BCUT2D eigenvalue weighted by molar-refractivity contribution is 5.94. The number of benzene rings is 1. The standard InChI is InChI=1S/C19H29N3O2/c20-10-3-13-24-17-7-5-15(6-8-17)19(23)22-12-9-18-16(14-22)4-1-2-11-21-18/h5-8,16,18,21H,1-4,9-14,20H2/t16-,18+/m0/s1. The van der Waals surface area contributed by atoms with E-state index in [1.807, 2.05) is 29.2 Å². The molecule has 0 radical (unpaired) electrons. The number of carbonyl (C=O) groups excluding carboxylic acids is 1. The highest BCUT2D eigenvalue weighted by Crippen LogP contribution is 2.26. The van der Waals surface area contributed by atoms with Crippen molar-refractivity contribution in [3.63, 3.8) is 0 Å². The second kappa shape index (κ2) is 8.49. The summed E-state index contributed by atoms with van der Waals surface area (Å²) in [6, 6.07) is 8.09. The van der Waals surface area contributed by atoms with E-state index >= 15 is 0 Å².